The number of hydrogen-bond acceptors (Lipinski definition) is 3. The summed E-state index contributed by atoms with van der Waals surface area (Å²) in [6.07, 6.45) is 0.208. The number of benzene rings is 1. The summed E-state index contributed by atoms with van der Waals surface area (Å²) in [5.74, 6) is 0.524. The lowest BCUT2D eigenvalue weighted by Gasteiger charge is -2.24. The molecular weight excluding hydrogens is 240 g/mol. The fourth-order valence-electron chi connectivity index (χ4n) is 2.28. The molecule has 1 heterocycles. The molecule has 0 aliphatic rings. The summed E-state index contributed by atoms with van der Waals surface area (Å²) in [5.41, 5.74) is 1.84. The third-order valence-electron chi connectivity index (χ3n) is 2.91. The van der Waals surface area contributed by atoms with E-state index in [1.807, 2.05) is 31.2 Å². The third-order valence-corrected chi connectivity index (χ3v) is 2.91. The molecule has 0 N–H and O–H groups in total. The number of esters is 1. The molecule has 0 atom stereocenters. The maximum Gasteiger partial charge on any atom is 0.313 e. The van der Waals surface area contributed by atoms with Gasteiger partial charge in [-0.2, -0.15) is 0 Å². The number of para-hydroxylation sites is 2. The molecule has 0 saturated carbocycles. The molecule has 102 valence electrons. The van der Waals surface area contributed by atoms with E-state index in [-0.39, 0.29) is 17.9 Å². The van der Waals surface area contributed by atoms with E-state index in [2.05, 4.69) is 30.3 Å². The molecule has 19 heavy (non-hydrogen) atoms. The van der Waals surface area contributed by atoms with Crippen LogP contribution >= 0.6 is 0 Å². The average molecular weight is 260 g/mol. The number of carbonyl (C=O) groups excluding carboxylic acids is 1. The van der Waals surface area contributed by atoms with Gasteiger partial charge in [-0.25, -0.2) is 4.98 Å². The fourth-order valence-corrected chi connectivity index (χ4v) is 2.28. The summed E-state index contributed by atoms with van der Waals surface area (Å²) >= 11 is 0. The van der Waals surface area contributed by atoms with E-state index in [4.69, 9.17) is 4.74 Å². The van der Waals surface area contributed by atoms with Crippen molar-refractivity contribution < 1.29 is 9.53 Å². The molecule has 0 unspecified atom stereocenters. The second-order valence-corrected chi connectivity index (χ2v) is 5.50. The molecule has 4 heteroatoms. The third kappa shape index (κ3) is 2.78. The number of aromatic nitrogens is 2. The first-order valence-electron chi connectivity index (χ1n) is 6.56. The Morgan fingerprint density at radius 1 is 1.32 bits per heavy atom. The van der Waals surface area contributed by atoms with Gasteiger partial charge in [0.1, 0.15) is 12.2 Å². The molecule has 4 nitrogen and oxygen atoms in total. The van der Waals surface area contributed by atoms with Crippen LogP contribution in [0.4, 0.5) is 0 Å². The van der Waals surface area contributed by atoms with Crippen molar-refractivity contribution in [1.29, 1.82) is 0 Å². The van der Waals surface area contributed by atoms with Crippen LogP contribution in [-0.4, -0.2) is 22.1 Å². The minimum atomic E-state index is -0.233. The molecule has 0 fully saturated rings. The average Bonchev–Trinajstić information content (AvgIpc) is 2.66. The van der Waals surface area contributed by atoms with Crippen molar-refractivity contribution in [1.82, 2.24) is 9.55 Å². The van der Waals surface area contributed by atoms with E-state index in [1.165, 1.54) is 0 Å². The lowest BCUT2D eigenvalue weighted by atomic mass is 10.1. The number of ether oxygens (including phenoxy) is 1. The van der Waals surface area contributed by atoms with Gasteiger partial charge in [-0.15, -0.1) is 0 Å². The Morgan fingerprint density at radius 3 is 2.63 bits per heavy atom. The first-order chi connectivity index (χ1) is 8.93. The Bertz CT molecular complexity index is 594. The van der Waals surface area contributed by atoms with Crippen LogP contribution in [0.15, 0.2) is 24.3 Å². The van der Waals surface area contributed by atoms with Gasteiger partial charge in [0.05, 0.1) is 17.6 Å². The SMILES string of the molecule is CCOC(=O)Cc1nc2ccccc2n1C(C)(C)C. The predicted octanol–water partition coefficient (Wildman–Crippen LogP) is 2.90. The van der Waals surface area contributed by atoms with Crippen LogP contribution in [0.3, 0.4) is 0 Å². The Labute approximate surface area is 113 Å². The molecule has 2 rings (SSSR count). The topological polar surface area (TPSA) is 44.1 Å². The first kappa shape index (κ1) is 13.6. The zero-order valence-electron chi connectivity index (χ0n) is 11.9. The quantitative estimate of drug-likeness (QED) is 0.797. The number of fused-ring (bicyclic) bond motifs is 1. The van der Waals surface area contributed by atoms with Gasteiger partial charge in [0, 0.05) is 5.54 Å². The summed E-state index contributed by atoms with van der Waals surface area (Å²) < 4.78 is 7.13. The number of imidazole rings is 1. The van der Waals surface area contributed by atoms with Gasteiger partial charge >= 0.3 is 5.97 Å². The molecule has 0 saturated heterocycles. The van der Waals surface area contributed by atoms with Gasteiger partial charge in [-0.3, -0.25) is 4.79 Å². The number of rotatable bonds is 3. The van der Waals surface area contributed by atoms with E-state index in [0.29, 0.717) is 6.61 Å². The highest BCUT2D eigenvalue weighted by Gasteiger charge is 2.22. The molecule has 0 radical (unpaired) electrons. The van der Waals surface area contributed by atoms with Crippen molar-refractivity contribution in [2.45, 2.75) is 39.7 Å². The highest BCUT2D eigenvalue weighted by molar-refractivity contribution is 5.78. The van der Waals surface area contributed by atoms with Crippen LogP contribution in [0.1, 0.15) is 33.5 Å². The maximum absolute atomic E-state index is 11.7. The summed E-state index contributed by atoms with van der Waals surface area (Å²) in [5, 5.41) is 0. The van der Waals surface area contributed by atoms with Crippen molar-refractivity contribution in [2.75, 3.05) is 6.61 Å². The Balaban J connectivity index is 2.50. The number of hydrogen-bond donors (Lipinski definition) is 0. The first-order valence-corrected chi connectivity index (χ1v) is 6.56. The minimum absolute atomic E-state index is 0.127. The normalized spacial score (nSPS) is 11.8. The molecule has 1 aromatic carbocycles. The zero-order valence-corrected chi connectivity index (χ0v) is 11.9. The zero-order chi connectivity index (χ0) is 14.0. The van der Waals surface area contributed by atoms with E-state index in [1.54, 1.807) is 0 Å². The van der Waals surface area contributed by atoms with Gasteiger partial charge in [0.25, 0.3) is 0 Å². The van der Waals surface area contributed by atoms with Crippen LogP contribution in [0.2, 0.25) is 0 Å². The predicted molar refractivity (Wildman–Crippen MR) is 75.1 cm³/mol. The smallest absolute Gasteiger partial charge is 0.313 e. The Kier molecular flexibility index (Phi) is 3.60. The Morgan fingerprint density at radius 2 is 2.00 bits per heavy atom. The van der Waals surface area contributed by atoms with Gasteiger partial charge in [0.2, 0.25) is 0 Å². The molecule has 0 aliphatic heterocycles. The van der Waals surface area contributed by atoms with Crippen LogP contribution < -0.4 is 0 Å². The van der Waals surface area contributed by atoms with Crippen molar-refractivity contribution in [3.05, 3.63) is 30.1 Å². The van der Waals surface area contributed by atoms with E-state index in [0.717, 1.165) is 16.9 Å². The molecule has 0 spiro atoms. The summed E-state index contributed by atoms with van der Waals surface area (Å²) in [6, 6.07) is 7.94. The molecule has 2 aromatic rings. The summed E-state index contributed by atoms with van der Waals surface area (Å²) in [6.45, 7) is 8.53. The van der Waals surface area contributed by atoms with Gasteiger partial charge in [-0.1, -0.05) is 12.1 Å². The highest BCUT2D eigenvalue weighted by atomic mass is 16.5. The minimum Gasteiger partial charge on any atom is -0.466 e. The Hall–Kier alpha value is -1.84. The largest absolute Gasteiger partial charge is 0.466 e. The van der Waals surface area contributed by atoms with Crippen molar-refractivity contribution >= 4 is 17.0 Å². The molecule has 0 amide bonds. The second kappa shape index (κ2) is 5.03. The maximum atomic E-state index is 11.7. The van der Waals surface area contributed by atoms with Gasteiger partial charge in [-0.05, 0) is 39.8 Å². The molecule has 0 aliphatic carbocycles. The summed E-state index contributed by atoms with van der Waals surface area (Å²) in [7, 11) is 0. The highest BCUT2D eigenvalue weighted by Crippen LogP contribution is 2.25. The standard InChI is InChI=1S/C15H20N2O2/c1-5-19-14(18)10-13-16-11-8-6-7-9-12(11)17(13)15(2,3)4/h6-9H,5,10H2,1-4H3. The van der Waals surface area contributed by atoms with Crippen LogP contribution in [-0.2, 0) is 21.5 Å². The number of carbonyl (C=O) groups is 1. The molecule has 1 aromatic heterocycles. The van der Waals surface area contributed by atoms with E-state index in [9.17, 15) is 4.79 Å². The lowest BCUT2D eigenvalue weighted by Crippen LogP contribution is -2.25. The second-order valence-electron chi connectivity index (χ2n) is 5.50. The van der Waals surface area contributed by atoms with Crippen LogP contribution in [0.25, 0.3) is 11.0 Å². The van der Waals surface area contributed by atoms with Gasteiger partial charge in [0.15, 0.2) is 0 Å². The van der Waals surface area contributed by atoms with Crippen molar-refractivity contribution in [3.63, 3.8) is 0 Å². The van der Waals surface area contributed by atoms with Crippen LogP contribution in [0.5, 0.6) is 0 Å². The monoisotopic (exact) mass is 260 g/mol. The van der Waals surface area contributed by atoms with Crippen LogP contribution in [0, 0.1) is 0 Å². The van der Waals surface area contributed by atoms with Crippen molar-refractivity contribution in [2.24, 2.45) is 0 Å². The number of nitrogens with zero attached hydrogens (tertiary/aromatic N) is 2. The molecular formula is C15H20N2O2. The van der Waals surface area contributed by atoms with E-state index < -0.39 is 0 Å². The lowest BCUT2D eigenvalue weighted by molar-refractivity contribution is -0.142. The molecule has 0 bridgehead atoms. The van der Waals surface area contributed by atoms with Crippen molar-refractivity contribution in [3.8, 4) is 0 Å². The van der Waals surface area contributed by atoms with E-state index >= 15 is 0 Å². The van der Waals surface area contributed by atoms with Gasteiger partial charge < -0.3 is 9.30 Å². The fraction of sp³-hybridized carbons (Fsp3) is 0.467. The summed E-state index contributed by atoms with van der Waals surface area (Å²) in [4.78, 5) is 16.3.